The molecular formula is C36H41F3N6O2. The molecule has 47 heavy (non-hydrogen) atoms. The van der Waals surface area contributed by atoms with E-state index in [0.717, 1.165) is 48.3 Å². The van der Waals surface area contributed by atoms with Crippen LogP contribution in [0.3, 0.4) is 0 Å². The molecule has 1 spiro atoms. The Balaban J connectivity index is 1.56. The summed E-state index contributed by atoms with van der Waals surface area (Å²) < 4.78 is 53.4. The van der Waals surface area contributed by atoms with Gasteiger partial charge in [0.2, 0.25) is 5.91 Å². The summed E-state index contributed by atoms with van der Waals surface area (Å²) in [6.45, 7) is 12.6. The number of halogens is 3. The van der Waals surface area contributed by atoms with Gasteiger partial charge in [-0.2, -0.15) is 0 Å². The molecular weight excluding hydrogens is 605 g/mol. The van der Waals surface area contributed by atoms with Gasteiger partial charge in [-0.1, -0.05) is 20.4 Å². The Morgan fingerprint density at radius 3 is 2.47 bits per heavy atom. The quantitative estimate of drug-likeness (QED) is 0.187. The minimum absolute atomic E-state index is 0.0395. The van der Waals surface area contributed by atoms with Crippen molar-refractivity contribution in [3.8, 4) is 17.0 Å². The van der Waals surface area contributed by atoms with E-state index in [1.807, 2.05) is 38.7 Å². The zero-order valence-corrected chi connectivity index (χ0v) is 27.5. The lowest BCUT2D eigenvalue weighted by Crippen LogP contribution is -2.59. The van der Waals surface area contributed by atoms with Gasteiger partial charge in [0, 0.05) is 43.8 Å². The molecule has 0 radical (unpaired) electrons. The molecule has 2 atom stereocenters. The number of nitrogens with zero attached hydrogens (tertiary/aromatic N) is 5. The number of piperazine rings is 1. The van der Waals surface area contributed by atoms with Crippen LogP contribution in [0.5, 0.6) is 5.75 Å². The van der Waals surface area contributed by atoms with Crippen LogP contribution in [0, 0.1) is 22.9 Å². The third-order valence-corrected chi connectivity index (χ3v) is 9.70. The Morgan fingerprint density at radius 2 is 1.79 bits per heavy atom. The Bertz CT molecular complexity index is 1750. The molecule has 1 saturated carbocycles. The van der Waals surface area contributed by atoms with Crippen molar-refractivity contribution in [3.05, 3.63) is 77.4 Å². The SMILES string of the molecule is C=CC(=O)N1C[C@H](C)N(C(=NC)c2cc(F)c3nc2Nc2c(ccnc2C(C)C)CCC2(CC2)COc2c(F)ccc(F)c2-3)C[C@H]1C. The van der Waals surface area contributed by atoms with Crippen LogP contribution in [-0.4, -0.2) is 70.3 Å². The predicted molar refractivity (Wildman–Crippen MR) is 177 cm³/mol. The van der Waals surface area contributed by atoms with E-state index < -0.39 is 17.5 Å². The van der Waals surface area contributed by atoms with E-state index >= 15 is 13.2 Å². The Labute approximate surface area is 273 Å². The fourth-order valence-corrected chi connectivity index (χ4v) is 6.77. The summed E-state index contributed by atoms with van der Waals surface area (Å²) in [7, 11) is 1.62. The molecule has 6 rings (SSSR count). The zero-order chi connectivity index (χ0) is 33.6. The summed E-state index contributed by atoms with van der Waals surface area (Å²) in [6.07, 6.45) is 6.35. The second-order valence-electron chi connectivity index (χ2n) is 13.3. The fraction of sp³-hybridized carbons (Fsp3) is 0.444. The average molecular weight is 647 g/mol. The molecule has 3 aromatic rings. The molecule has 2 aromatic heterocycles. The third-order valence-electron chi connectivity index (χ3n) is 9.70. The molecule has 2 fully saturated rings. The van der Waals surface area contributed by atoms with Crippen LogP contribution >= 0.6 is 0 Å². The van der Waals surface area contributed by atoms with Crippen LogP contribution in [0.4, 0.5) is 24.7 Å². The Hall–Kier alpha value is -4.41. The summed E-state index contributed by atoms with van der Waals surface area (Å²) in [6, 6.07) is 4.83. The van der Waals surface area contributed by atoms with E-state index in [4.69, 9.17) is 14.7 Å². The van der Waals surface area contributed by atoms with E-state index in [2.05, 4.69) is 16.9 Å². The van der Waals surface area contributed by atoms with Crippen LogP contribution in [0.2, 0.25) is 0 Å². The molecule has 8 nitrogen and oxygen atoms in total. The standard InChI is InChI=1S/C36H41F3N6O2/c1-7-28(46)44-17-22(5)45(18-21(44)4)35(40-6)24-16-27(39)32-29-25(37)8-9-26(38)33(29)47-19-36(13-14-36)12-10-23-11-15-41-30(20(2)3)31(23)42-34(24)43-32/h7-9,11,15-16,20-22H,1,10,12-14,17-19H2,2-6H3,(H,42,43)/t21-,22+/m1/s1. The number of hydrogen-bond donors (Lipinski definition) is 1. The second-order valence-corrected chi connectivity index (χ2v) is 13.3. The van der Waals surface area contributed by atoms with Gasteiger partial charge in [-0.25, -0.2) is 18.2 Å². The monoisotopic (exact) mass is 646 g/mol. The number of carbonyl (C=O) groups is 1. The lowest BCUT2D eigenvalue weighted by molar-refractivity contribution is -0.130. The molecule has 1 N–H and O–H groups in total. The molecule has 1 saturated heterocycles. The maximum Gasteiger partial charge on any atom is 0.246 e. The number of benzene rings is 1. The van der Waals surface area contributed by atoms with E-state index in [9.17, 15) is 4.79 Å². The highest BCUT2D eigenvalue weighted by atomic mass is 19.1. The number of amides is 1. The number of amidine groups is 1. The largest absolute Gasteiger partial charge is 0.489 e. The number of aromatic nitrogens is 2. The van der Waals surface area contributed by atoms with Crippen LogP contribution < -0.4 is 10.1 Å². The van der Waals surface area contributed by atoms with Gasteiger partial charge in [-0.15, -0.1) is 0 Å². The number of rotatable bonds is 3. The second kappa shape index (κ2) is 12.7. The van der Waals surface area contributed by atoms with E-state index in [-0.39, 0.29) is 58.8 Å². The van der Waals surface area contributed by atoms with Crippen LogP contribution in [-0.2, 0) is 11.2 Å². The Morgan fingerprint density at radius 1 is 1.09 bits per heavy atom. The summed E-state index contributed by atoms with van der Waals surface area (Å²) in [5.41, 5.74) is 1.98. The van der Waals surface area contributed by atoms with Crippen LogP contribution in [0.15, 0.2) is 48.1 Å². The number of ether oxygens (including phenoxy) is 1. The first kappa shape index (κ1) is 32.5. The van der Waals surface area contributed by atoms with Gasteiger partial charge in [0.1, 0.15) is 23.2 Å². The van der Waals surface area contributed by atoms with E-state index in [1.165, 1.54) is 12.1 Å². The maximum absolute atomic E-state index is 16.4. The number of anilines is 2. The van der Waals surface area contributed by atoms with Crippen molar-refractivity contribution in [3.63, 3.8) is 0 Å². The summed E-state index contributed by atoms with van der Waals surface area (Å²) in [5.74, 6) is -2.28. The molecule has 2 bridgehead atoms. The summed E-state index contributed by atoms with van der Waals surface area (Å²) in [4.78, 5) is 30.4. The van der Waals surface area contributed by atoms with E-state index in [1.54, 1.807) is 18.1 Å². The first-order valence-electron chi connectivity index (χ1n) is 16.2. The number of aryl methyl sites for hydroxylation is 1. The normalized spacial score (nSPS) is 20.7. The van der Waals surface area contributed by atoms with Crippen molar-refractivity contribution in [1.29, 1.82) is 0 Å². The third kappa shape index (κ3) is 6.07. The van der Waals surface area contributed by atoms with Crippen molar-refractivity contribution in [2.24, 2.45) is 10.4 Å². The lowest BCUT2D eigenvalue weighted by atomic mass is 9.95. The molecule has 11 heteroatoms. The molecule has 1 aromatic carbocycles. The van der Waals surface area contributed by atoms with Crippen molar-refractivity contribution in [1.82, 2.24) is 19.8 Å². The smallest absolute Gasteiger partial charge is 0.246 e. The molecule has 1 aliphatic carbocycles. The maximum atomic E-state index is 16.4. The lowest BCUT2D eigenvalue weighted by Gasteiger charge is -2.45. The first-order valence-corrected chi connectivity index (χ1v) is 16.2. The van der Waals surface area contributed by atoms with E-state index in [0.29, 0.717) is 30.9 Å². The minimum Gasteiger partial charge on any atom is -0.489 e. The number of aliphatic imine (C=N–C) groups is 1. The van der Waals surface area contributed by atoms with Gasteiger partial charge in [0.05, 0.1) is 29.1 Å². The Kier molecular flexibility index (Phi) is 8.76. The molecule has 248 valence electrons. The number of carbonyl (C=O) groups excluding carboxylic acids is 1. The van der Waals surface area contributed by atoms with Gasteiger partial charge in [-0.3, -0.25) is 14.8 Å². The van der Waals surface area contributed by atoms with Crippen molar-refractivity contribution in [2.45, 2.75) is 71.4 Å². The van der Waals surface area contributed by atoms with Gasteiger partial charge in [0.15, 0.2) is 17.4 Å². The predicted octanol–water partition coefficient (Wildman–Crippen LogP) is 7.02. The number of hydrogen-bond acceptors (Lipinski definition) is 6. The van der Waals surface area contributed by atoms with Gasteiger partial charge in [0.25, 0.3) is 0 Å². The first-order chi connectivity index (χ1) is 22.5. The van der Waals surface area contributed by atoms with Crippen LogP contribution in [0.25, 0.3) is 11.3 Å². The topological polar surface area (TPSA) is 83.0 Å². The molecule has 4 heterocycles. The summed E-state index contributed by atoms with van der Waals surface area (Å²) in [5, 5.41) is 3.49. The fourth-order valence-electron chi connectivity index (χ4n) is 6.77. The summed E-state index contributed by atoms with van der Waals surface area (Å²) >= 11 is 0. The highest BCUT2D eigenvalue weighted by Gasteiger charge is 2.44. The number of pyridine rings is 2. The van der Waals surface area contributed by atoms with Crippen molar-refractivity contribution in [2.75, 3.05) is 32.1 Å². The molecule has 1 amide bonds. The van der Waals surface area contributed by atoms with Crippen molar-refractivity contribution < 1.29 is 22.7 Å². The molecule has 2 aliphatic heterocycles. The van der Waals surface area contributed by atoms with Gasteiger partial charge in [-0.05, 0) is 81.4 Å². The molecule has 0 unspecified atom stereocenters. The highest BCUT2D eigenvalue weighted by molar-refractivity contribution is 6.04. The minimum atomic E-state index is -0.853. The highest BCUT2D eigenvalue weighted by Crippen LogP contribution is 2.51. The number of fused-ring (bicyclic) bond motifs is 5. The van der Waals surface area contributed by atoms with Gasteiger partial charge < -0.3 is 19.9 Å². The number of nitrogens with one attached hydrogen (secondary N) is 1. The zero-order valence-electron chi connectivity index (χ0n) is 27.5. The van der Waals surface area contributed by atoms with Crippen molar-refractivity contribution >= 4 is 23.2 Å². The van der Waals surface area contributed by atoms with Gasteiger partial charge >= 0.3 is 0 Å². The van der Waals surface area contributed by atoms with Crippen LogP contribution in [0.1, 0.15) is 69.7 Å². The molecule has 3 aliphatic rings. The average Bonchev–Trinajstić information content (AvgIpc) is 3.82.